The van der Waals surface area contributed by atoms with Crippen LogP contribution in [0, 0.1) is 0 Å². The SMILES string of the molecule is O=c1cc(N2C3CCC2CC(O)C3)oc2c(Cl)cccc12. The normalized spacial score (nSPS) is 28.3. The van der Waals surface area contributed by atoms with Gasteiger partial charge in [0.2, 0.25) is 5.88 Å². The zero-order chi connectivity index (χ0) is 14.6. The van der Waals surface area contributed by atoms with Crippen molar-refractivity contribution >= 4 is 28.5 Å². The molecular formula is C16H16ClNO3. The number of piperidine rings is 1. The van der Waals surface area contributed by atoms with Crippen LogP contribution in [0.2, 0.25) is 5.02 Å². The van der Waals surface area contributed by atoms with Crippen molar-refractivity contribution in [3.8, 4) is 0 Å². The lowest BCUT2D eigenvalue weighted by atomic mass is 10.00. The van der Waals surface area contributed by atoms with Gasteiger partial charge in [-0.2, -0.15) is 0 Å². The monoisotopic (exact) mass is 305 g/mol. The minimum Gasteiger partial charge on any atom is -0.439 e. The first kappa shape index (κ1) is 13.2. The van der Waals surface area contributed by atoms with Crippen LogP contribution in [0.15, 0.2) is 33.5 Å². The van der Waals surface area contributed by atoms with Gasteiger partial charge in [-0.05, 0) is 37.8 Å². The summed E-state index contributed by atoms with van der Waals surface area (Å²) in [6, 6.07) is 7.27. The van der Waals surface area contributed by atoms with E-state index >= 15 is 0 Å². The van der Waals surface area contributed by atoms with Gasteiger partial charge in [0, 0.05) is 18.2 Å². The van der Waals surface area contributed by atoms with Crippen molar-refractivity contribution in [1.82, 2.24) is 0 Å². The third-order valence-electron chi connectivity index (χ3n) is 4.66. The van der Waals surface area contributed by atoms with Crippen LogP contribution in [-0.2, 0) is 0 Å². The molecule has 2 aliphatic heterocycles. The van der Waals surface area contributed by atoms with E-state index in [0.29, 0.717) is 21.9 Å². The Morgan fingerprint density at radius 3 is 2.67 bits per heavy atom. The van der Waals surface area contributed by atoms with Crippen molar-refractivity contribution < 1.29 is 9.52 Å². The highest BCUT2D eigenvalue weighted by Gasteiger charge is 2.41. The molecule has 1 aromatic carbocycles. The zero-order valence-electron chi connectivity index (χ0n) is 11.5. The van der Waals surface area contributed by atoms with E-state index in [9.17, 15) is 9.90 Å². The molecule has 21 heavy (non-hydrogen) atoms. The smallest absolute Gasteiger partial charge is 0.200 e. The summed E-state index contributed by atoms with van der Waals surface area (Å²) in [6.07, 6.45) is 3.30. The summed E-state index contributed by atoms with van der Waals surface area (Å²) in [5, 5.41) is 10.8. The Morgan fingerprint density at radius 1 is 1.24 bits per heavy atom. The van der Waals surface area contributed by atoms with E-state index in [4.69, 9.17) is 16.0 Å². The van der Waals surface area contributed by atoms with E-state index in [1.807, 2.05) is 0 Å². The molecule has 3 heterocycles. The molecule has 2 saturated heterocycles. The van der Waals surface area contributed by atoms with Gasteiger partial charge in [0.25, 0.3) is 0 Å². The number of aliphatic hydroxyl groups is 1. The van der Waals surface area contributed by atoms with Crippen molar-refractivity contribution in [3.05, 3.63) is 39.5 Å². The Morgan fingerprint density at radius 2 is 1.95 bits per heavy atom. The number of hydrogen-bond donors (Lipinski definition) is 1. The number of nitrogens with zero attached hydrogens (tertiary/aromatic N) is 1. The molecular weight excluding hydrogens is 290 g/mol. The summed E-state index contributed by atoms with van der Waals surface area (Å²) in [4.78, 5) is 14.5. The molecule has 0 saturated carbocycles. The Hall–Kier alpha value is -1.52. The average molecular weight is 306 g/mol. The third kappa shape index (κ3) is 2.05. The summed E-state index contributed by atoms with van der Waals surface area (Å²) in [5.41, 5.74) is 0.381. The lowest BCUT2D eigenvalue weighted by molar-refractivity contribution is 0.124. The second-order valence-corrected chi connectivity index (χ2v) is 6.39. The van der Waals surface area contributed by atoms with Crippen LogP contribution in [0.3, 0.4) is 0 Å². The molecule has 0 spiro atoms. The van der Waals surface area contributed by atoms with Crippen LogP contribution in [-0.4, -0.2) is 23.3 Å². The fraction of sp³-hybridized carbons (Fsp3) is 0.438. The van der Waals surface area contributed by atoms with E-state index < -0.39 is 0 Å². The van der Waals surface area contributed by atoms with E-state index in [2.05, 4.69) is 4.90 Å². The van der Waals surface area contributed by atoms with Crippen LogP contribution >= 0.6 is 11.6 Å². The van der Waals surface area contributed by atoms with Crippen molar-refractivity contribution in [2.75, 3.05) is 4.90 Å². The lowest BCUT2D eigenvalue weighted by Gasteiger charge is -2.37. The molecule has 2 bridgehead atoms. The summed E-state index contributed by atoms with van der Waals surface area (Å²) < 4.78 is 5.94. The minimum absolute atomic E-state index is 0.0701. The van der Waals surface area contributed by atoms with Gasteiger partial charge in [-0.25, -0.2) is 0 Å². The molecule has 1 aromatic heterocycles. The molecule has 2 unspecified atom stereocenters. The van der Waals surface area contributed by atoms with Gasteiger partial charge < -0.3 is 14.4 Å². The van der Waals surface area contributed by atoms with Crippen molar-refractivity contribution in [3.63, 3.8) is 0 Å². The largest absolute Gasteiger partial charge is 0.439 e. The van der Waals surface area contributed by atoms with Gasteiger partial charge in [0.15, 0.2) is 11.0 Å². The van der Waals surface area contributed by atoms with Gasteiger partial charge in [0.05, 0.1) is 16.5 Å². The molecule has 0 amide bonds. The Kier molecular flexibility index (Phi) is 2.98. The second-order valence-electron chi connectivity index (χ2n) is 5.98. The maximum Gasteiger partial charge on any atom is 0.200 e. The predicted molar refractivity (Wildman–Crippen MR) is 82.0 cm³/mol. The first-order valence-electron chi connectivity index (χ1n) is 7.32. The predicted octanol–water partition coefficient (Wildman–Crippen LogP) is 2.94. The first-order chi connectivity index (χ1) is 10.1. The van der Waals surface area contributed by atoms with E-state index in [-0.39, 0.29) is 23.6 Å². The van der Waals surface area contributed by atoms with Gasteiger partial charge in [0.1, 0.15) is 0 Å². The number of anilines is 1. The van der Waals surface area contributed by atoms with Gasteiger partial charge in [-0.3, -0.25) is 4.79 Å². The quantitative estimate of drug-likeness (QED) is 0.880. The maximum absolute atomic E-state index is 12.3. The highest BCUT2D eigenvalue weighted by molar-refractivity contribution is 6.34. The summed E-state index contributed by atoms with van der Waals surface area (Å²) >= 11 is 6.16. The van der Waals surface area contributed by atoms with Gasteiger partial charge >= 0.3 is 0 Å². The second kappa shape index (κ2) is 4.75. The fourth-order valence-corrected chi connectivity index (χ4v) is 3.98. The lowest BCUT2D eigenvalue weighted by Crippen LogP contribution is -2.45. The highest BCUT2D eigenvalue weighted by atomic mass is 35.5. The number of benzene rings is 1. The maximum atomic E-state index is 12.3. The van der Waals surface area contributed by atoms with E-state index in [1.165, 1.54) is 0 Å². The molecule has 5 heteroatoms. The zero-order valence-corrected chi connectivity index (χ0v) is 12.2. The highest BCUT2D eigenvalue weighted by Crippen LogP contribution is 2.40. The molecule has 0 radical (unpaired) electrons. The average Bonchev–Trinajstić information content (AvgIpc) is 2.72. The standard InChI is InChI=1S/C16H16ClNO3/c17-13-3-1-2-12-14(20)8-15(21-16(12)13)18-9-4-5-10(18)7-11(19)6-9/h1-3,8-11,19H,4-7H2. The molecule has 2 aromatic rings. The number of para-hydroxylation sites is 1. The van der Waals surface area contributed by atoms with E-state index in [1.54, 1.807) is 24.3 Å². The molecule has 4 rings (SSSR count). The molecule has 2 atom stereocenters. The van der Waals surface area contributed by atoms with Crippen molar-refractivity contribution in [1.29, 1.82) is 0 Å². The van der Waals surface area contributed by atoms with Crippen molar-refractivity contribution in [2.24, 2.45) is 0 Å². The number of fused-ring (bicyclic) bond motifs is 3. The Balaban J connectivity index is 1.85. The molecule has 110 valence electrons. The Labute approximate surface area is 126 Å². The number of halogens is 1. The van der Waals surface area contributed by atoms with Gasteiger partial charge in [-0.15, -0.1) is 0 Å². The first-order valence-corrected chi connectivity index (χ1v) is 7.70. The van der Waals surface area contributed by atoms with Crippen LogP contribution in [0.5, 0.6) is 0 Å². The third-order valence-corrected chi connectivity index (χ3v) is 4.95. The fourth-order valence-electron chi connectivity index (χ4n) is 3.77. The molecule has 0 aliphatic carbocycles. The molecule has 4 nitrogen and oxygen atoms in total. The van der Waals surface area contributed by atoms with Crippen LogP contribution in [0.25, 0.3) is 11.0 Å². The van der Waals surface area contributed by atoms with Gasteiger partial charge in [-0.1, -0.05) is 17.7 Å². The molecule has 1 N–H and O–H groups in total. The number of rotatable bonds is 1. The number of hydrogen-bond acceptors (Lipinski definition) is 4. The summed E-state index contributed by atoms with van der Waals surface area (Å²) in [5.74, 6) is 0.583. The molecule has 2 fully saturated rings. The topological polar surface area (TPSA) is 53.7 Å². The summed E-state index contributed by atoms with van der Waals surface area (Å²) in [6.45, 7) is 0. The van der Waals surface area contributed by atoms with Crippen molar-refractivity contribution in [2.45, 2.75) is 43.9 Å². The van der Waals surface area contributed by atoms with Crippen LogP contribution in [0.4, 0.5) is 5.88 Å². The summed E-state index contributed by atoms with van der Waals surface area (Å²) in [7, 11) is 0. The van der Waals surface area contributed by atoms with E-state index in [0.717, 1.165) is 25.7 Å². The molecule has 2 aliphatic rings. The number of aliphatic hydroxyl groups excluding tert-OH is 1. The minimum atomic E-state index is -0.241. The van der Waals surface area contributed by atoms with Crippen LogP contribution < -0.4 is 10.3 Å². The Bertz CT molecular complexity index is 743. The van der Waals surface area contributed by atoms with Crippen LogP contribution in [0.1, 0.15) is 25.7 Å².